The third-order valence-corrected chi connectivity index (χ3v) is 6.59. The number of nitro benzene ring substituents is 1. The summed E-state index contributed by atoms with van der Waals surface area (Å²) in [6.07, 6.45) is 4.22. The second kappa shape index (κ2) is 8.72. The molecule has 1 saturated carbocycles. The topological polar surface area (TPSA) is 95.7 Å². The molecule has 2 aromatic carbocycles. The molecule has 1 aliphatic carbocycles. The lowest BCUT2D eigenvalue weighted by Crippen LogP contribution is -2.56. The molecule has 2 aliphatic rings. The van der Waals surface area contributed by atoms with Crippen molar-refractivity contribution < 1.29 is 19.2 Å². The van der Waals surface area contributed by atoms with Gasteiger partial charge in [-0.25, -0.2) is 4.39 Å². The van der Waals surface area contributed by atoms with Crippen molar-refractivity contribution >= 4 is 17.3 Å². The summed E-state index contributed by atoms with van der Waals surface area (Å²) in [5.41, 5.74) is 0.583. The summed E-state index contributed by atoms with van der Waals surface area (Å²) in [5, 5.41) is 24.9. The molecule has 0 spiro atoms. The Kier molecular flexibility index (Phi) is 6.02. The molecule has 2 N–H and O–H groups in total. The van der Waals surface area contributed by atoms with Crippen LogP contribution in [0.5, 0.6) is 0 Å². The number of aliphatic hydroxyl groups is 1. The van der Waals surface area contributed by atoms with Crippen molar-refractivity contribution in [3.05, 3.63) is 70.0 Å². The molecule has 7 nitrogen and oxygen atoms in total. The summed E-state index contributed by atoms with van der Waals surface area (Å²) < 4.78 is 13.5. The number of halogens is 1. The first-order valence-corrected chi connectivity index (χ1v) is 10.6. The van der Waals surface area contributed by atoms with Gasteiger partial charge in [0.05, 0.1) is 17.1 Å². The largest absolute Gasteiger partial charge is 0.389 e. The van der Waals surface area contributed by atoms with Gasteiger partial charge < -0.3 is 10.4 Å². The molecule has 2 fully saturated rings. The molecule has 2 aromatic rings. The molecule has 1 heterocycles. The van der Waals surface area contributed by atoms with Gasteiger partial charge in [0.2, 0.25) is 5.91 Å². The molecule has 0 aromatic heterocycles. The van der Waals surface area contributed by atoms with Crippen molar-refractivity contribution in [2.24, 2.45) is 5.92 Å². The maximum absolute atomic E-state index is 13.5. The first-order chi connectivity index (χ1) is 14.9. The lowest BCUT2D eigenvalue weighted by atomic mass is 9.66. The van der Waals surface area contributed by atoms with E-state index in [9.17, 15) is 24.4 Å². The summed E-state index contributed by atoms with van der Waals surface area (Å²) in [7, 11) is 0. The number of hydrogen-bond acceptors (Lipinski definition) is 5. The van der Waals surface area contributed by atoms with Gasteiger partial charge in [0.25, 0.3) is 5.69 Å². The van der Waals surface area contributed by atoms with E-state index >= 15 is 0 Å². The molecule has 0 bridgehead atoms. The highest BCUT2D eigenvalue weighted by Gasteiger charge is 2.49. The average Bonchev–Trinajstić information content (AvgIpc) is 2.75. The number of carbonyl (C=O) groups is 1. The summed E-state index contributed by atoms with van der Waals surface area (Å²) in [5.74, 6) is -0.573. The number of rotatable bonds is 5. The predicted octanol–water partition coefficient (Wildman–Crippen LogP) is 4.04. The number of hydrogen-bond donors (Lipinski definition) is 2. The van der Waals surface area contributed by atoms with Gasteiger partial charge in [-0.15, -0.1) is 0 Å². The quantitative estimate of drug-likeness (QED) is 0.555. The first kappa shape index (κ1) is 21.4. The minimum atomic E-state index is -0.761. The number of piperidine rings is 1. The molecule has 8 heteroatoms. The normalized spacial score (nSPS) is 26.1. The van der Waals surface area contributed by atoms with Crippen LogP contribution in [0.2, 0.25) is 0 Å². The minimum Gasteiger partial charge on any atom is -0.389 e. The fourth-order valence-corrected chi connectivity index (χ4v) is 5.07. The van der Waals surface area contributed by atoms with Gasteiger partial charge >= 0.3 is 0 Å². The second-order valence-corrected chi connectivity index (χ2v) is 8.52. The first-order valence-electron chi connectivity index (χ1n) is 10.6. The van der Waals surface area contributed by atoms with Gasteiger partial charge in [0.1, 0.15) is 5.82 Å². The van der Waals surface area contributed by atoms with E-state index in [0.29, 0.717) is 18.7 Å². The van der Waals surface area contributed by atoms with Gasteiger partial charge in [-0.2, -0.15) is 0 Å². The minimum absolute atomic E-state index is 0.0207. The van der Waals surface area contributed by atoms with Crippen molar-refractivity contribution in [3.63, 3.8) is 0 Å². The third-order valence-electron chi connectivity index (χ3n) is 6.59. The Balaban J connectivity index is 1.53. The molecule has 1 amide bonds. The Morgan fingerprint density at radius 2 is 1.87 bits per heavy atom. The molecule has 0 unspecified atom stereocenters. The highest BCUT2D eigenvalue weighted by Crippen LogP contribution is 2.49. The van der Waals surface area contributed by atoms with Gasteiger partial charge in [-0.3, -0.25) is 19.8 Å². The molecule has 1 saturated heterocycles. The van der Waals surface area contributed by atoms with Crippen molar-refractivity contribution in [2.45, 2.75) is 43.7 Å². The number of fused-ring (bicyclic) bond motifs is 1. The lowest BCUT2D eigenvalue weighted by Gasteiger charge is -2.52. The standard InChI is InChI=1S/C23H26FN3O4/c24-17-6-4-16(5-7-17)22-20-3-1-2-12-23(20,29)13-14-26(22)15-21(28)25-18-8-10-19(11-9-18)27(30)31/h4-11,20,22,29H,1-3,12-15H2,(H,25,28)/t20-,22-,23+/m0/s1. The van der Waals surface area contributed by atoms with E-state index in [0.717, 1.165) is 31.2 Å². The van der Waals surface area contributed by atoms with Crippen LogP contribution in [0.4, 0.5) is 15.8 Å². The van der Waals surface area contributed by atoms with Crippen molar-refractivity contribution in [3.8, 4) is 0 Å². The van der Waals surface area contributed by atoms with Crippen molar-refractivity contribution in [1.29, 1.82) is 0 Å². The highest BCUT2D eigenvalue weighted by atomic mass is 19.1. The van der Waals surface area contributed by atoms with Gasteiger partial charge in [0.15, 0.2) is 0 Å². The number of nitrogens with zero attached hydrogens (tertiary/aromatic N) is 2. The van der Waals surface area contributed by atoms with Gasteiger partial charge in [-0.1, -0.05) is 25.0 Å². The number of likely N-dealkylation sites (tertiary alicyclic amines) is 1. The number of non-ortho nitro benzene ring substituents is 1. The molecule has 4 rings (SSSR count). The Hall–Kier alpha value is -2.84. The maximum Gasteiger partial charge on any atom is 0.269 e. The molecular formula is C23H26FN3O4. The number of nitro groups is 1. The van der Waals surface area contributed by atoms with Crippen LogP contribution in [0.25, 0.3) is 0 Å². The Morgan fingerprint density at radius 3 is 2.55 bits per heavy atom. The molecule has 31 heavy (non-hydrogen) atoms. The molecule has 0 radical (unpaired) electrons. The van der Waals surface area contributed by atoms with Crippen LogP contribution in [0.1, 0.15) is 43.7 Å². The van der Waals surface area contributed by atoms with Crippen LogP contribution >= 0.6 is 0 Å². The molecular weight excluding hydrogens is 401 g/mol. The number of amides is 1. The third kappa shape index (κ3) is 4.60. The maximum atomic E-state index is 13.5. The molecule has 164 valence electrons. The van der Waals surface area contributed by atoms with Crippen molar-refractivity contribution in [1.82, 2.24) is 4.90 Å². The predicted molar refractivity (Wildman–Crippen MR) is 114 cm³/mol. The monoisotopic (exact) mass is 427 g/mol. The van der Waals surface area contributed by atoms with E-state index in [2.05, 4.69) is 10.2 Å². The van der Waals surface area contributed by atoms with Gasteiger partial charge in [0, 0.05) is 36.3 Å². The van der Waals surface area contributed by atoms with E-state index < -0.39 is 10.5 Å². The fraction of sp³-hybridized carbons (Fsp3) is 0.435. The Labute approximate surface area is 180 Å². The number of carbonyl (C=O) groups excluding carboxylic acids is 1. The molecule has 3 atom stereocenters. The van der Waals surface area contributed by atoms with E-state index in [1.54, 1.807) is 12.1 Å². The molecule has 1 aliphatic heterocycles. The smallest absolute Gasteiger partial charge is 0.269 e. The zero-order valence-electron chi connectivity index (χ0n) is 17.2. The van der Waals surface area contributed by atoms with E-state index in [-0.39, 0.29) is 35.9 Å². The van der Waals surface area contributed by atoms with E-state index in [4.69, 9.17) is 0 Å². The van der Waals surface area contributed by atoms with Crippen LogP contribution in [0.15, 0.2) is 48.5 Å². The van der Waals surface area contributed by atoms with Crippen molar-refractivity contribution in [2.75, 3.05) is 18.4 Å². The summed E-state index contributed by atoms with van der Waals surface area (Å²) in [6.45, 7) is 0.675. The average molecular weight is 427 g/mol. The van der Waals surface area contributed by atoms with Gasteiger partial charge in [-0.05, 0) is 49.1 Å². The summed E-state index contributed by atoms with van der Waals surface area (Å²) >= 11 is 0. The second-order valence-electron chi connectivity index (χ2n) is 8.52. The zero-order valence-corrected chi connectivity index (χ0v) is 17.2. The van der Waals surface area contributed by atoms with Crippen LogP contribution in [-0.4, -0.2) is 39.5 Å². The van der Waals surface area contributed by atoms with Crippen LogP contribution in [0.3, 0.4) is 0 Å². The van der Waals surface area contributed by atoms with E-state index in [1.807, 2.05) is 0 Å². The highest BCUT2D eigenvalue weighted by molar-refractivity contribution is 5.92. The number of nitrogens with one attached hydrogen (secondary N) is 1. The Morgan fingerprint density at radius 1 is 1.16 bits per heavy atom. The Bertz CT molecular complexity index is 950. The van der Waals surface area contributed by atoms with Crippen LogP contribution in [0, 0.1) is 21.8 Å². The van der Waals surface area contributed by atoms with E-state index in [1.165, 1.54) is 36.4 Å². The number of anilines is 1. The zero-order chi connectivity index (χ0) is 22.0. The summed E-state index contributed by atoms with van der Waals surface area (Å²) in [4.78, 5) is 25.1. The summed E-state index contributed by atoms with van der Waals surface area (Å²) in [6, 6.07) is 11.8. The lowest BCUT2D eigenvalue weighted by molar-refractivity contribution is -0.384. The van der Waals surface area contributed by atoms with Crippen LogP contribution < -0.4 is 5.32 Å². The SMILES string of the molecule is O=C(CN1CC[C@]2(O)CCCC[C@H]2[C@@H]1c1ccc(F)cc1)Nc1ccc([N+](=O)[O-])cc1. The van der Waals surface area contributed by atoms with Crippen LogP contribution in [-0.2, 0) is 4.79 Å². The number of benzene rings is 2. The fourth-order valence-electron chi connectivity index (χ4n) is 5.07.